The number of aryl methyl sites for hydroxylation is 1. The molecule has 7 nitrogen and oxygen atoms in total. The van der Waals surface area contributed by atoms with Crippen LogP contribution < -0.4 is 20.9 Å². The van der Waals surface area contributed by atoms with Gasteiger partial charge in [-0.2, -0.15) is 0 Å². The Morgan fingerprint density at radius 2 is 1.79 bits per heavy atom. The Kier molecular flexibility index (Phi) is 13.2. The van der Waals surface area contributed by atoms with Crippen LogP contribution in [0.1, 0.15) is 39.7 Å². The zero-order valence-electron chi connectivity index (χ0n) is 21.7. The van der Waals surface area contributed by atoms with Crippen molar-refractivity contribution in [3.05, 3.63) is 54.7 Å². The molecule has 2 aromatic carbocycles. The lowest BCUT2D eigenvalue weighted by atomic mass is 10.1. The summed E-state index contributed by atoms with van der Waals surface area (Å²) < 4.78 is 2.13. The minimum atomic E-state index is 0.0228. The molecule has 1 atom stereocenters. The third kappa shape index (κ3) is 7.99. The normalized spacial score (nSPS) is 14.9. The van der Waals surface area contributed by atoms with Gasteiger partial charge in [0.1, 0.15) is 11.8 Å². The monoisotopic (exact) mass is 470 g/mol. The second-order valence-corrected chi connectivity index (χ2v) is 7.44. The first-order valence-corrected chi connectivity index (χ1v) is 12.3. The molecule has 7 heteroatoms. The maximum absolute atomic E-state index is 10.0. The number of nitrogens with one attached hydrogen (secondary N) is 3. The van der Waals surface area contributed by atoms with Crippen molar-refractivity contribution in [2.45, 2.75) is 47.1 Å². The maximum atomic E-state index is 10.0. The van der Waals surface area contributed by atoms with Crippen LogP contribution in [-0.2, 0) is 0 Å². The van der Waals surface area contributed by atoms with Gasteiger partial charge in [-0.05, 0) is 42.8 Å². The van der Waals surface area contributed by atoms with E-state index in [-0.39, 0.29) is 12.4 Å². The lowest BCUT2D eigenvalue weighted by molar-refractivity contribution is -0.491. The van der Waals surface area contributed by atoms with E-state index in [9.17, 15) is 5.11 Å². The number of rotatable bonds is 9. The third-order valence-electron chi connectivity index (χ3n) is 5.35. The molecule has 0 saturated carbocycles. The van der Waals surface area contributed by atoms with Crippen LogP contribution in [0.4, 0.5) is 22.7 Å². The predicted octanol–water partition coefficient (Wildman–Crippen LogP) is 4.88. The molecule has 34 heavy (non-hydrogen) atoms. The van der Waals surface area contributed by atoms with Crippen molar-refractivity contribution in [1.29, 1.82) is 0 Å². The van der Waals surface area contributed by atoms with Crippen molar-refractivity contribution >= 4 is 29.1 Å². The van der Waals surface area contributed by atoms with Gasteiger partial charge in [-0.1, -0.05) is 34.3 Å². The molecule has 0 radical (unpaired) electrons. The van der Waals surface area contributed by atoms with Gasteiger partial charge in [0.2, 0.25) is 6.34 Å². The molecule has 1 saturated heterocycles. The van der Waals surface area contributed by atoms with E-state index in [1.807, 2.05) is 60.3 Å². The Morgan fingerprint density at radius 1 is 1.12 bits per heavy atom. The lowest BCUT2D eigenvalue weighted by Crippen LogP contribution is -2.30. The quantitative estimate of drug-likeness (QED) is 0.155. The van der Waals surface area contributed by atoms with Crippen LogP contribution in [-0.4, -0.2) is 60.5 Å². The van der Waals surface area contributed by atoms with E-state index < -0.39 is 0 Å². The number of nitrogens with zero attached hydrogens (tertiary/aromatic N) is 2. The summed E-state index contributed by atoms with van der Waals surface area (Å²) in [7, 11) is 1.90. The van der Waals surface area contributed by atoms with Crippen LogP contribution in [0.3, 0.4) is 0 Å². The van der Waals surface area contributed by atoms with E-state index in [1.54, 1.807) is 6.07 Å². The van der Waals surface area contributed by atoms with E-state index in [4.69, 9.17) is 5.11 Å². The summed E-state index contributed by atoms with van der Waals surface area (Å²) in [5, 5.41) is 28.7. The SMILES string of the molecule is C=C[N+](=CNC)C1CCN(c2ccc(Nc3cc(C)c(O)cc3NCCO)cc2)C1.CC.CC. The number of phenols is 1. The number of aliphatic hydroxyl groups excluding tert-OH is 1. The Labute approximate surface area is 205 Å². The zero-order chi connectivity index (χ0) is 25.5. The Balaban J connectivity index is 0.00000137. The summed E-state index contributed by atoms with van der Waals surface area (Å²) in [6.07, 6.45) is 4.90. The van der Waals surface area contributed by atoms with Crippen molar-refractivity contribution < 1.29 is 14.8 Å². The van der Waals surface area contributed by atoms with Gasteiger partial charge in [-0.15, -0.1) is 0 Å². The Bertz CT molecular complexity index is 897. The van der Waals surface area contributed by atoms with Crippen molar-refractivity contribution in [3.63, 3.8) is 0 Å². The minimum absolute atomic E-state index is 0.0228. The summed E-state index contributed by atoms with van der Waals surface area (Å²) >= 11 is 0. The first kappa shape index (κ1) is 28.8. The summed E-state index contributed by atoms with van der Waals surface area (Å²) in [6.45, 7) is 16.2. The minimum Gasteiger partial charge on any atom is -0.508 e. The topological polar surface area (TPSA) is 82.8 Å². The van der Waals surface area contributed by atoms with Gasteiger partial charge >= 0.3 is 0 Å². The van der Waals surface area contributed by atoms with Crippen LogP contribution in [0, 0.1) is 6.92 Å². The van der Waals surface area contributed by atoms with Crippen molar-refractivity contribution in [3.8, 4) is 5.75 Å². The van der Waals surface area contributed by atoms with Crippen LogP contribution >= 0.6 is 0 Å². The second-order valence-electron chi connectivity index (χ2n) is 7.44. The van der Waals surface area contributed by atoms with Crippen molar-refractivity contribution in [1.82, 2.24) is 5.32 Å². The molecular formula is C27H44N5O2+. The average Bonchev–Trinajstić information content (AvgIpc) is 3.37. The van der Waals surface area contributed by atoms with Gasteiger partial charge in [-0.3, -0.25) is 5.32 Å². The van der Waals surface area contributed by atoms with Gasteiger partial charge in [-0.25, -0.2) is 4.58 Å². The second kappa shape index (κ2) is 15.6. The van der Waals surface area contributed by atoms with Crippen LogP contribution in [0.5, 0.6) is 5.75 Å². The highest BCUT2D eigenvalue weighted by Crippen LogP contribution is 2.33. The Morgan fingerprint density at radius 3 is 2.38 bits per heavy atom. The molecular weight excluding hydrogens is 426 g/mol. The van der Waals surface area contributed by atoms with Gasteiger partial charge in [0.05, 0.1) is 37.8 Å². The van der Waals surface area contributed by atoms with E-state index in [0.717, 1.165) is 42.1 Å². The lowest BCUT2D eigenvalue weighted by Gasteiger charge is -2.19. The number of hydrogen-bond acceptors (Lipinski definition) is 5. The predicted molar refractivity (Wildman–Crippen MR) is 147 cm³/mol. The summed E-state index contributed by atoms with van der Waals surface area (Å²) in [4.78, 5) is 2.38. The number of phenolic OH excluding ortho intramolecular Hbond substituents is 1. The van der Waals surface area contributed by atoms with Gasteiger partial charge in [0, 0.05) is 37.0 Å². The molecule has 1 fully saturated rings. The van der Waals surface area contributed by atoms with E-state index in [2.05, 4.69) is 56.3 Å². The summed E-state index contributed by atoms with van der Waals surface area (Å²) in [6, 6.07) is 12.4. The molecule has 0 amide bonds. The van der Waals surface area contributed by atoms with E-state index >= 15 is 0 Å². The van der Waals surface area contributed by atoms with Crippen molar-refractivity contribution in [2.75, 3.05) is 48.8 Å². The average molecular weight is 471 g/mol. The summed E-state index contributed by atoms with van der Waals surface area (Å²) in [5.41, 5.74) is 4.55. The largest absolute Gasteiger partial charge is 0.508 e. The van der Waals surface area contributed by atoms with E-state index in [0.29, 0.717) is 12.6 Å². The highest BCUT2D eigenvalue weighted by molar-refractivity contribution is 5.77. The zero-order valence-corrected chi connectivity index (χ0v) is 21.7. The van der Waals surface area contributed by atoms with Gasteiger partial charge in [0.25, 0.3) is 0 Å². The number of benzene rings is 2. The first-order chi connectivity index (χ1) is 16.5. The first-order valence-electron chi connectivity index (χ1n) is 12.3. The van der Waals surface area contributed by atoms with Crippen molar-refractivity contribution in [2.24, 2.45) is 0 Å². The molecule has 1 aliphatic heterocycles. The number of aliphatic hydroxyl groups is 1. The fourth-order valence-electron chi connectivity index (χ4n) is 3.72. The summed E-state index contributed by atoms with van der Waals surface area (Å²) in [5.74, 6) is 0.226. The molecule has 1 heterocycles. The van der Waals surface area contributed by atoms with E-state index in [1.165, 1.54) is 5.69 Å². The molecule has 1 aliphatic rings. The van der Waals surface area contributed by atoms with Crippen LogP contribution in [0.15, 0.2) is 49.2 Å². The molecule has 0 aromatic heterocycles. The number of aromatic hydroxyl groups is 1. The van der Waals surface area contributed by atoms with Gasteiger partial charge in [0.15, 0.2) is 0 Å². The molecule has 3 rings (SSSR count). The Hall–Kier alpha value is -3.19. The number of hydrogen-bond donors (Lipinski definition) is 5. The molecule has 5 N–H and O–H groups in total. The molecule has 1 unspecified atom stereocenters. The van der Waals surface area contributed by atoms with Crippen LogP contribution in [0.25, 0.3) is 0 Å². The number of anilines is 4. The fraction of sp³-hybridized carbons (Fsp3) is 0.444. The maximum Gasteiger partial charge on any atom is 0.236 e. The highest BCUT2D eigenvalue weighted by Gasteiger charge is 2.27. The fourth-order valence-corrected chi connectivity index (χ4v) is 3.72. The smallest absolute Gasteiger partial charge is 0.236 e. The third-order valence-corrected chi connectivity index (χ3v) is 5.35. The molecule has 0 aliphatic carbocycles. The molecule has 0 spiro atoms. The molecule has 2 aromatic rings. The molecule has 0 bridgehead atoms. The van der Waals surface area contributed by atoms with Gasteiger partial charge < -0.3 is 25.7 Å². The standard InChI is InChI=1S/C23H31N5O2.2C2H6/c1-4-27(16-24-3)20-9-11-28(15-20)19-7-5-18(6-8-19)26-22-13-17(2)23(30)14-21(22)25-10-12-29;2*1-2/h4-8,13-14,16,20,25-26,29-30H,1,9-12,15H2,2-3H3;2*1-2H3/p+1. The van der Waals surface area contributed by atoms with Crippen LogP contribution in [0.2, 0.25) is 0 Å². The highest BCUT2D eigenvalue weighted by atomic mass is 16.3. The molecule has 188 valence electrons.